The number of aromatic amines is 1. The minimum absolute atomic E-state index is 0.0351. The lowest BCUT2D eigenvalue weighted by atomic mass is 9.88. The van der Waals surface area contributed by atoms with Crippen LogP contribution in [0.2, 0.25) is 0 Å². The topological polar surface area (TPSA) is 86.4 Å². The quantitative estimate of drug-likeness (QED) is 0.719. The Kier molecular flexibility index (Phi) is 5.19. The van der Waals surface area contributed by atoms with Crippen LogP contribution in [-0.2, 0) is 0 Å². The van der Waals surface area contributed by atoms with Crippen molar-refractivity contribution in [3.05, 3.63) is 63.0 Å². The lowest BCUT2D eigenvalue weighted by Crippen LogP contribution is -2.39. The van der Waals surface area contributed by atoms with Crippen LogP contribution in [0.15, 0.2) is 41.5 Å². The second-order valence-corrected chi connectivity index (χ2v) is 8.43. The average molecular weight is 410 g/mol. The van der Waals surface area contributed by atoms with E-state index in [0.717, 1.165) is 28.6 Å². The standard InChI is InChI=1S/C21H22N4O3S/c1-24(2)21(28)18-17(15-6-3-9-22-19(15)29-18)14-5-4-10-25(12-14)20(27)13-7-8-16(26)23-11-13/h3,6-9,11,14H,4-5,10,12H2,1-2H3,(H,23,26)/t14-/m1/s1. The van der Waals surface area contributed by atoms with Gasteiger partial charge in [-0.05, 0) is 30.5 Å². The first kappa shape index (κ1) is 19.3. The molecule has 0 saturated carbocycles. The molecule has 1 saturated heterocycles. The summed E-state index contributed by atoms with van der Waals surface area (Å²) in [7, 11) is 3.49. The van der Waals surface area contributed by atoms with Gasteiger partial charge < -0.3 is 14.8 Å². The van der Waals surface area contributed by atoms with Gasteiger partial charge in [-0.3, -0.25) is 14.4 Å². The Bertz CT molecular complexity index is 1110. The fourth-order valence-corrected chi connectivity index (χ4v) is 5.09. The molecule has 0 bridgehead atoms. The third-order valence-electron chi connectivity index (χ3n) is 5.25. The number of aromatic nitrogens is 2. The van der Waals surface area contributed by atoms with Gasteiger partial charge in [0.25, 0.3) is 11.8 Å². The number of amides is 2. The van der Waals surface area contributed by atoms with E-state index in [1.54, 1.807) is 31.3 Å². The van der Waals surface area contributed by atoms with Crippen LogP contribution in [0.3, 0.4) is 0 Å². The molecule has 1 N–H and O–H groups in total. The van der Waals surface area contributed by atoms with Crippen LogP contribution < -0.4 is 5.56 Å². The highest BCUT2D eigenvalue weighted by Crippen LogP contribution is 2.39. The molecule has 8 heteroatoms. The highest BCUT2D eigenvalue weighted by molar-refractivity contribution is 7.20. The predicted molar refractivity (Wildman–Crippen MR) is 113 cm³/mol. The number of hydrogen-bond acceptors (Lipinski definition) is 5. The van der Waals surface area contributed by atoms with Crippen LogP contribution in [0.25, 0.3) is 10.2 Å². The number of carbonyl (C=O) groups is 2. The molecular weight excluding hydrogens is 388 g/mol. The van der Waals surface area contributed by atoms with Crippen molar-refractivity contribution >= 4 is 33.4 Å². The molecule has 1 fully saturated rings. The first-order chi connectivity index (χ1) is 14.0. The number of carbonyl (C=O) groups excluding carboxylic acids is 2. The van der Waals surface area contributed by atoms with E-state index in [1.165, 1.54) is 23.6 Å². The first-order valence-corrected chi connectivity index (χ1v) is 10.3. The number of fused-ring (bicyclic) bond motifs is 1. The Balaban J connectivity index is 1.69. The fourth-order valence-electron chi connectivity index (χ4n) is 3.84. The summed E-state index contributed by atoms with van der Waals surface area (Å²) in [6.45, 7) is 1.19. The molecule has 0 radical (unpaired) electrons. The van der Waals surface area contributed by atoms with Gasteiger partial charge in [-0.25, -0.2) is 4.98 Å². The molecule has 0 unspecified atom stereocenters. The van der Waals surface area contributed by atoms with E-state index in [4.69, 9.17) is 0 Å². The molecule has 1 aliphatic rings. The average Bonchev–Trinajstić information content (AvgIpc) is 3.12. The number of thiophene rings is 1. The lowest BCUT2D eigenvalue weighted by molar-refractivity contribution is 0.0707. The van der Waals surface area contributed by atoms with Gasteiger partial charge in [-0.15, -0.1) is 11.3 Å². The molecular formula is C21H22N4O3S. The molecule has 150 valence electrons. The van der Waals surface area contributed by atoms with Gasteiger partial charge in [0.15, 0.2) is 0 Å². The van der Waals surface area contributed by atoms with Crippen molar-refractivity contribution in [2.45, 2.75) is 18.8 Å². The van der Waals surface area contributed by atoms with Gasteiger partial charge in [0.2, 0.25) is 5.56 Å². The van der Waals surface area contributed by atoms with Crippen LogP contribution in [0.5, 0.6) is 0 Å². The molecule has 3 aromatic rings. The van der Waals surface area contributed by atoms with Crippen molar-refractivity contribution in [3.8, 4) is 0 Å². The first-order valence-electron chi connectivity index (χ1n) is 9.53. The van der Waals surface area contributed by atoms with E-state index < -0.39 is 0 Å². The third-order valence-corrected chi connectivity index (χ3v) is 6.37. The Labute approximate surface area is 172 Å². The molecule has 4 heterocycles. The van der Waals surface area contributed by atoms with Crippen LogP contribution >= 0.6 is 11.3 Å². The maximum absolute atomic E-state index is 12.9. The number of hydrogen-bond donors (Lipinski definition) is 1. The van der Waals surface area contributed by atoms with Crippen molar-refractivity contribution in [3.63, 3.8) is 0 Å². The fraction of sp³-hybridized carbons (Fsp3) is 0.333. The number of likely N-dealkylation sites (tertiary alicyclic amines) is 1. The minimum atomic E-state index is -0.234. The van der Waals surface area contributed by atoms with Crippen molar-refractivity contribution in [2.24, 2.45) is 0 Å². The van der Waals surface area contributed by atoms with Gasteiger partial charge in [0.05, 0.1) is 10.4 Å². The Morgan fingerprint density at radius 1 is 1.28 bits per heavy atom. The maximum Gasteiger partial charge on any atom is 0.263 e. The summed E-state index contributed by atoms with van der Waals surface area (Å²) < 4.78 is 0. The number of piperidine rings is 1. The van der Waals surface area contributed by atoms with Crippen LogP contribution in [0.4, 0.5) is 0 Å². The minimum Gasteiger partial charge on any atom is -0.344 e. The Morgan fingerprint density at radius 2 is 2.10 bits per heavy atom. The largest absolute Gasteiger partial charge is 0.344 e. The summed E-state index contributed by atoms with van der Waals surface area (Å²) in [5.41, 5.74) is 1.23. The maximum atomic E-state index is 12.9. The molecule has 0 spiro atoms. The molecule has 29 heavy (non-hydrogen) atoms. The molecule has 3 aromatic heterocycles. The van der Waals surface area contributed by atoms with E-state index >= 15 is 0 Å². The van der Waals surface area contributed by atoms with E-state index in [1.807, 2.05) is 17.0 Å². The summed E-state index contributed by atoms with van der Waals surface area (Å²) in [6, 6.07) is 6.80. The smallest absolute Gasteiger partial charge is 0.263 e. The number of nitrogens with zero attached hydrogens (tertiary/aromatic N) is 3. The van der Waals surface area contributed by atoms with Gasteiger partial charge in [0, 0.05) is 56.9 Å². The number of pyridine rings is 2. The van der Waals surface area contributed by atoms with E-state index in [0.29, 0.717) is 23.5 Å². The molecule has 0 aromatic carbocycles. The monoisotopic (exact) mass is 410 g/mol. The van der Waals surface area contributed by atoms with Gasteiger partial charge in [-0.1, -0.05) is 6.07 Å². The summed E-state index contributed by atoms with van der Waals surface area (Å²) in [6.07, 6.45) is 4.95. The third kappa shape index (κ3) is 3.67. The van der Waals surface area contributed by atoms with E-state index in [-0.39, 0.29) is 23.3 Å². The summed E-state index contributed by atoms with van der Waals surface area (Å²) in [5, 5.41) is 0.992. The Hall–Kier alpha value is -3.00. The number of rotatable bonds is 3. The highest BCUT2D eigenvalue weighted by atomic mass is 32.1. The van der Waals surface area contributed by atoms with E-state index in [9.17, 15) is 14.4 Å². The highest BCUT2D eigenvalue weighted by Gasteiger charge is 2.31. The molecule has 7 nitrogen and oxygen atoms in total. The van der Waals surface area contributed by atoms with Crippen molar-refractivity contribution < 1.29 is 9.59 Å². The summed E-state index contributed by atoms with van der Waals surface area (Å²) in [5.74, 6) is -0.0801. The molecule has 1 aliphatic heterocycles. The second-order valence-electron chi connectivity index (χ2n) is 7.43. The van der Waals surface area contributed by atoms with Crippen molar-refractivity contribution in [1.29, 1.82) is 0 Å². The zero-order valence-corrected chi connectivity index (χ0v) is 17.2. The summed E-state index contributed by atoms with van der Waals surface area (Å²) >= 11 is 1.42. The zero-order chi connectivity index (χ0) is 20.5. The van der Waals surface area contributed by atoms with Gasteiger partial charge in [-0.2, -0.15) is 0 Å². The molecule has 0 aliphatic carbocycles. The lowest BCUT2D eigenvalue weighted by Gasteiger charge is -2.33. The normalized spacial score (nSPS) is 16.8. The summed E-state index contributed by atoms with van der Waals surface area (Å²) in [4.78, 5) is 49.0. The SMILES string of the molecule is CN(C)C(=O)c1sc2ncccc2c1[C@@H]1CCCN(C(=O)c2ccc(=O)[nH]c2)C1. The van der Waals surface area contributed by atoms with Crippen LogP contribution in [-0.4, -0.2) is 58.8 Å². The second kappa shape index (κ2) is 7.79. The molecule has 2 amide bonds. The molecule has 1 atom stereocenters. The number of nitrogens with one attached hydrogen (secondary N) is 1. The number of H-pyrrole nitrogens is 1. The van der Waals surface area contributed by atoms with Gasteiger partial charge in [0.1, 0.15) is 4.83 Å². The Morgan fingerprint density at radius 3 is 2.83 bits per heavy atom. The van der Waals surface area contributed by atoms with Crippen LogP contribution in [0, 0.1) is 0 Å². The van der Waals surface area contributed by atoms with Crippen molar-refractivity contribution in [1.82, 2.24) is 19.8 Å². The van der Waals surface area contributed by atoms with Crippen LogP contribution in [0.1, 0.15) is 44.4 Å². The van der Waals surface area contributed by atoms with Gasteiger partial charge >= 0.3 is 0 Å². The zero-order valence-electron chi connectivity index (χ0n) is 16.3. The van der Waals surface area contributed by atoms with Crippen molar-refractivity contribution in [2.75, 3.05) is 27.2 Å². The predicted octanol–water partition coefficient (Wildman–Crippen LogP) is 2.71. The molecule has 4 rings (SSSR count). The van der Waals surface area contributed by atoms with E-state index in [2.05, 4.69) is 9.97 Å².